The highest BCUT2D eigenvalue weighted by Gasteiger charge is 2.35. The van der Waals surface area contributed by atoms with Gasteiger partial charge in [0, 0.05) is 43.5 Å². The first-order valence-electron chi connectivity index (χ1n) is 10.6. The van der Waals surface area contributed by atoms with Crippen LogP contribution in [0.3, 0.4) is 0 Å². The van der Waals surface area contributed by atoms with E-state index in [0.717, 1.165) is 23.2 Å². The third-order valence-electron chi connectivity index (χ3n) is 6.21. The number of benzene rings is 1. The fourth-order valence-electron chi connectivity index (χ4n) is 4.58. The van der Waals surface area contributed by atoms with Gasteiger partial charge in [-0.3, -0.25) is 28.1 Å². The first kappa shape index (κ1) is 20.7. The van der Waals surface area contributed by atoms with Crippen LogP contribution in [0, 0.1) is 5.92 Å². The number of ketones is 1. The van der Waals surface area contributed by atoms with Crippen molar-refractivity contribution in [3.05, 3.63) is 68.6 Å². The van der Waals surface area contributed by atoms with E-state index in [2.05, 4.69) is 10.3 Å². The summed E-state index contributed by atoms with van der Waals surface area (Å²) in [6, 6.07) is 8.44. The smallest absolute Gasteiger partial charge is 0.332 e. The average molecular weight is 449 g/mol. The van der Waals surface area contributed by atoms with Crippen LogP contribution in [0.4, 0.5) is 5.95 Å². The van der Waals surface area contributed by atoms with Crippen LogP contribution in [0.25, 0.3) is 11.2 Å². The first-order valence-corrected chi connectivity index (χ1v) is 10.6. The molecule has 2 aliphatic heterocycles. The SMILES string of the molecule is Cn1c(=O)n(CC(=O)c2ccccc2)c(=O)c2c1nc(N1CCC3CNC=C31)n2CC(N)=O. The minimum atomic E-state index is -0.688. The predicted octanol–water partition coefficient (Wildman–Crippen LogP) is -0.464. The van der Waals surface area contributed by atoms with Gasteiger partial charge in [-0.05, 0) is 6.42 Å². The first-order chi connectivity index (χ1) is 15.9. The van der Waals surface area contributed by atoms with Crippen molar-refractivity contribution in [2.45, 2.75) is 19.5 Å². The molecule has 1 saturated heterocycles. The summed E-state index contributed by atoms with van der Waals surface area (Å²) in [5, 5.41) is 3.21. The van der Waals surface area contributed by atoms with Crippen molar-refractivity contribution >= 4 is 28.8 Å². The molecule has 3 aromatic rings. The molecule has 1 atom stereocenters. The van der Waals surface area contributed by atoms with E-state index in [1.165, 1.54) is 16.2 Å². The second-order valence-electron chi connectivity index (χ2n) is 8.27. The molecule has 1 fully saturated rings. The Morgan fingerprint density at radius 2 is 1.91 bits per heavy atom. The Bertz CT molecular complexity index is 1430. The van der Waals surface area contributed by atoms with E-state index in [0.29, 0.717) is 24.0 Å². The molecule has 0 spiro atoms. The number of nitrogens with two attached hydrogens (primary N) is 1. The number of aromatic nitrogens is 4. The van der Waals surface area contributed by atoms with E-state index in [4.69, 9.17) is 5.73 Å². The standard InChI is InChI=1S/C22H23N7O4/c1-26-19-18(20(32)29(22(26)33)11-16(30)13-5-3-2-4-6-13)28(12-17(23)31)21(25-19)27-8-7-14-9-24-10-15(14)27/h2-6,10,14,24H,7-9,11-12H2,1H3,(H2,23,31). The monoisotopic (exact) mass is 449 g/mol. The number of carbonyl (C=O) groups is 2. The predicted molar refractivity (Wildman–Crippen MR) is 121 cm³/mol. The summed E-state index contributed by atoms with van der Waals surface area (Å²) in [7, 11) is 1.49. The van der Waals surface area contributed by atoms with Crippen LogP contribution in [-0.2, 0) is 24.9 Å². The zero-order chi connectivity index (χ0) is 23.3. The molecule has 0 saturated carbocycles. The van der Waals surface area contributed by atoms with Crippen molar-refractivity contribution in [2.75, 3.05) is 18.0 Å². The van der Waals surface area contributed by atoms with Gasteiger partial charge < -0.3 is 16.0 Å². The molecule has 1 aromatic carbocycles. The zero-order valence-electron chi connectivity index (χ0n) is 18.0. The molecule has 3 N–H and O–H groups in total. The third-order valence-corrected chi connectivity index (χ3v) is 6.21. The van der Waals surface area contributed by atoms with Crippen LogP contribution in [0.5, 0.6) is 0 Å². The Kier molecular flexibility index (Phi) is 4.88. The molecule has 2 aliphatic rings. The number of amides is 1. The summed E-state index contributed by atoms with van der Waals surface area (Å²) in [6.45, 7) is 0.765. The Hall–Kier alpha value is -4.15. The summed E-state index contributed by atoms with van der Waals surface area (Å²) in [4.78, 5) is 57.7. The largest absolute Gasteiger partial charge is 0.389 e. The number of imidazole rings is 1. The van der Waals surface area contributed by atoms with Crippen molar-refractivity contribution in [3.8, 4) is 0 Å². The molecule has 5 rings (SSSR count). The Morgan fingerprint density at radius 3 is 2.64 bits per heavy atom. The van der Waals surface area contributed by atoms with Crippen LogP contribution in [0.1, 0.15) is 16.8 Å². The van der Waals surface area contributed by atoms with Gasteiger partial charge in [0.25, 0.3) is 5.56 Å². The quantitative estimate of drug-likeness (QED) is 0.486. The fraction of sp³-hybridized carbons (Fsp3) is 0.318. The molecule has 2 aromatic heterocycles. The van der Waals surface area contributed by atoms with E-state index in [9.17, 15) is 19.2 Å². The van der Waals surface area contributed by atoms with E-state index in [-0.39, 0.29) is 23.5 Å². The number of Topliss-reactive ketones (excluding diaryl/α,β-unsaturated/α-hetero) is 1. The third kappa shape index (κ3) is 3.32. The minimum absolute atomic E-state index is 0.0572. The topological polar surface area (TPSA) is 137 Å². The van der Waals surface area contributed by atoms with E-state index in [1.54, 1.807) is 30.3 Å². The lowest BCUT2D eigenvalue weighted by Crippen LogP contribution is -2.41. The maximum atomic E-state index is 13.5. The van der Waals surface area contributed by atoms with E-state index in [1.807, 2.05) is 11.1 Å². The zero-order valence-corrected chi connectivity index (χ0v) is 18.0. The molecule has 0 bridgehead atoms. The average Bonchev–Trinajstić information content (AvgIpc) is 3.50. The van der Waals surface area contributed by atoms with Crippen molar-refractivity contribution in [2.24, 2.45) is 18.7 Å². The highest BCUT2D eigenvalue weighted by atomic mass is 16.2. The number of hydrogen-bond donors (Lipinski definition) is 2. The molecular weight excluding hydrogens is 426 g/mol. The van der Waals surface area contributed by atoms with E-state index < -0.39 is 23.7 Å². The summed E-state index contributed by atoms with van der Waals surface area (Å²) in [5.74, 6) is -0.332. The molecule has 1 amide bonds. The lowest BCUT2D eigenvalue weighted by atomic mass is 10.1. The van der Waals surface area contributed by atoms with Crippen LogP contribution in [0.2, 0.25) is 0 Å². The molecule has 4 heterocycles. The molecule has 170 valence electrons. The number of nitrogens with zero attached hydrogens (tertiary/aromatic N) is 5. The number of aryl methyl sites for hydroxylation is 1. The van der Waals surface area contributed by atoms with Gasteiger partial charge in [-0.15, -0.1) is 0 Å². The molecule has 33 heavy (non-hydrogen) atoms. The molecule has 1 unspecified atom stereocenters. The van der Waals surface area contributed by atoms with Gasteiger partial charge >= 0.3 is 5.69 Å². The normalized spacial score (nSPS) is 17.2. The van der Waals surface area contributed by atoms with Crippen LogP contribution in [0.15, 0.2) is 51.8 Å². The maximum Gasteiger partial charge on any atom is 0.332 e. The van der Waals surface area contributed by atoms with Crippen LogP contribution < -0.4 is 27.2 Å². The van der Waals surface area contributed by atoms with Gasteiger partial charge in [-0.1, -0.05) is 30.3 Å². The molecular formula is C22H23N7O4. The Balaban J connectivity index is 1.69. The highest BCUT2D eigenvalue weighted by Crippen LogP contribution is 2.35. The number of carbonyl (C=O) groups excluding carboxylic acids is 2. The summed E-state index contributed by atoms with van der Waals surface area (Å²) >= 11 is 0. The number of hydrogen-bond acceptors (Lipinski definition) is 7. The lowest BCUT2D eigenvalue weighted by Gasteiger charge is -2.19. The number of fused-ring (bicyclic) bond motifs is 2. The van der Waals surface area contributed by atoms with Crippen molar-refractivity contribution in [3.63, 3.8) is 0 Å². The van der Waals surface area contributed by atoms with Gasteiger partial charge in [0.2, 0.25) is 11.9 Å². The maximum absolute atomic E-state index is 13.5. The van der Waals surface area contributed by atoms with Gasteiger partial charge in [-0.2, -0.15) is 4.98 Å². The van der Waals surface area contributed by atoms with Gasteiger partial charge in [-0.25, -0.2) is 4.79 Å². The molecule has 0 radical (unpaired) electrons. The van der Waals surface area contributed by atoms with Crippen LogP contribution in [-0.4, -0.2) is 43.5 Å². The Morgan fingerprint density at radius 1 is 1.15 bits per heavy atom. The fourth-order valence-corrected chi connectivity index (χ4v) is 4.58. The van der Waals surface area contributed by atoms with Gasteiger partial charge in [0.15, 0.2) is 16.9 Å². The van der Waals surface area contributed by atoms with Crippen molar-refractivity contribution in [1.29, 1.82) is 0 Å². The van der Waals surface area contributed by atoms with Gasteiger partial charge in [0.05, 0.1) is 6.54 Å². The summed E-state index contributed by atoms with van der Waals surface area (Å²) in [6.07, 6.45) is 2.80. The van der Waals surface area contributed by atoms with Crippen LogP contribution >= 0.6 is 0 Å². The van der Waals surface area contributed by atoms with Crippen molar-refractivity contribution < 1.29 is 9.59 Å². The molecule has 11 heteroatoms. The van der Waals surface area contributed by atoms with Gasteiger partial charge in [0.1, 0.15) is 6.54 Å². The highest BCUT2D eigenvalue weighted by molar-refractivity contribution is 5.96. The summed E-state index contributed by atoms with van der Waals surface area (Å²) < 4.78 is 3.55. The summed E-state index contributed by atoms with van der Waals surface area (Å²) in [5.41, 5.74) is 5.75. The second-order valence-corrected chi connectivity index (χ2v) is 8.27. The number of nitrogens with one attached hydrogen (secondary N) is 1. The number of anilines is 1. The lowest BCUT2D eigenvalue weighted by molar-refractivity contribution is -0.118. The second kappa shape index (κ2) is 7.76. The Labute approximate surface area is 187 Å². The van der Waals surface area contributed by atoms with E-state index >= 15 is 0 Å². The molecule has 11 nitrogen and oxygen atoms in total. The number of rotatable bonds is 6. The number of primary amides is 1. The molecule has 0 aliphatic carbocycles. The minimum Gasteiger partial charge on any atom is -0.389 e. The van der Waals surface area contributed by atoms with Crippen molar-refractivity contribution in [1.82, 2.24) is 24.0 Å².